The number of phosphoric ester groups is 1. The van der Waals surface area contributed by atoms with Crippen LogP contribution < -0.4 is 5.73 Å². The average molecular weight is 352 g/mol. The second-order valence-electron chi connectivity index (χ2n) is 4.92. The Morgan fingerprint density at radius 1 is 1.30 bits per heavy atom. The van der Waals surface area contributed by atoms with Crippen molar-refractivity contribution in [3.63, 3.8) is 0 Å². The zero-order chi connectivity index (χ0) is 16.8. The summed E-state index contributed by atoms with van der Waals surface area (Å²) in [6, 6.07) is 0. The van der Waals surface area contributed by atoms with Gasteiger partial charge in [-0.1, -0.05) is 0 Å². The molecule has 1 fully saturated rings. The lowest BCUT2D eigenvalue weighted by Crippen LogP contribution is -2.33. The molecular weight excluding hydrogens is 338 g/mol. The predicted octanol–water partition coefficient (Wildman–Crippen LogP) is -1.86. The number of imidazole rings is 1. The van der Waals surface area contributed by atoms with Gasteiger partial charge in [-0.05, 0) is 0 Å². The van der Waals surface area contributed by atoms with Crippen LogP contribution >= 0.6 is 7.82 Å². The van der Waals surface area contributed by atoms with E-state index in [1.165, 1.54) is 17.2 Å². The Hall–Kier alpha value is -1.66. The number of anilines is 1. The molecule has 3 rings (SSSR count). The van der Waals surface area contributed by atoms with Crippen molar-refractivity contribution < 1.29 is 33.8 Å². The van der Waals surface area contributed by atoms with Gasteiger partial charge in [0.2, 0.25) is 0 Å². The molecule has 0 bridgehead atoms. The van der Waals surface area contributed by atoms with Crippen LogP contribution in [0.5, 0.6) is 0 Å². The van der Waals surface area contributed by atoms with Crippen LogP contribution in [0.2, 0.25) is 0 Å². The molecule has 1 saturated heterocycles. The highest BCUT2D eigenvalue weighted by molar-refractivity contribution is 7.46. The molecule has 2 aromatic rings. The first-order chi connectivity index (χ1) is 10.8. The third kappa shape index (κ3) is 3.05. The lowest BCUT2D eigenvalue weighted by molar-refractivity contribution is -0.0504. The normalized spacial score (nSPS) is 28.5. The molecule has 0 aliphatic carbocycles. The van der Waals surface area contributed by atoms with Crippen LogP contribution in [0, 0.1) is 0 Å². The van der Waals surface area contributed by atoms with Crippen LogP contribution in [0.15, 0.2) is 12.7 Å². The van der Waals surface area contributed by atoms with Crippen LogP contribution in [0.1, 0.15) is 6.23 Å². The third-order valence-corrected chi connectivity index (χ3v) is 3.89. The summed E-state index contributed by atoms with van der Waals surface area (Å²) in [5.74, 6) is 0.142. The van der Waals surface area contributed by atoms with Crippen molar-refractivity contribution in [2.24, 2.45) is 0 Å². The Balaban J connectivity index is 1.85. The highest BCUT2D eigenvalue weighted by Gasteiger charge is 2.45. The van der Waals surface area contributed by atoms with Crippen molar-refractivity contribution in [1.29, 1.82) is 0 Å². The predicted molar refractivity (Wildman–Crippen MR) is 73.7 cm³/mol. The number of aromatic nitrogens is 4. The number of aliphatic hydroxyl groups excluding tert-OH is 2. The van der Waals surface area contributed by atoms with E-state index in [4.69, 9.17) is 20.3 Å². The van der Waals surface area contributed by atoms with E-state index < -0.39 is 39.0 Å². The van der Waals surface area contributed by atoms with Gasteiger partial charge in [-0.2, -0.15) is 0 Å². The molecular formula is C10H14N5O7P. The maximum atomic E-state index is 10.7. The first-order valence-corrected chi connectivity index (χ1v) is 7.95. The minimum Gasteiger partial charge on any atom is -0.387 e. The number of phosphoric acid groups is 1. The summed E-state index contributed by atoms with van der Waals surface area (Å²) in [5, 5.41) is 20.1. The molecule has 3 heterocycles. The Morgan fingerprint density at radius 2 is 2.04 bits per heavy atom. The molecule has 4 atom stereocenters. The molecule has 13 heteroatoms. The number of rotatable bonds is 4. The fourth-order valence-electron chi connectivity index (χ4n) is 2.32. The van der Waals surface area contributed by atoms with Gasteiger partial charge in [0.25, 0.3) is 0 Å². The zero-order valence-electron chi connectivity index (χ0n) is 11.5. The van der Waals surface area contributed by atoms with Gasteiger partial charge in [0, 0.05) is 0 Å². The number of aliphatic hydroxyl groups is 2. The minimum atomic E-state index is -4.72. The van der Waals surface area contributed by atoms with Gasteiger partial charge in [0.05, 0.1) is 12.9 Å². The molecule has 1 aliphatic heterocycles. The van der Waals surface area contributed by atoms with E-state index in [9.17, 15) is 14.8 Å². The van der Waals surface area contributed by atoms with Gasteiger partial charge < -0.3 is 30.5 Å². The lowest BCUT2D eigenvalue weighted by atomic mass is 10.1. The molecule has 2 aromatic heterocycles. The lowest BCUT2D eigenvalue weighted by Gasteiger charge is -2.16. The summed E-state index contributed by atoms with van der Waals surface area (Å²) in [6.45, 7) is -0.594. The number of hydrogen-bond donors (Lipinski definition) is 5. The molecule has 0 amide bonds. The van der Waals surface area contributed by atoms with E-state index >= 15 is 0 Å². The monoisotopic (exact) mass is 352 g/mol. The van der Waals surface area contributed by atoms with Crippen LogP contribution in [-0.4, -0.2) is 64.4 Å². The highest BCUT2D eigenvalue weighted by Crippen LogP contribution is 2.38. The SMILES string of the molecule is [15NH2]c1[15n]c[15n]c2c1[15n]c[15n]2[C@@H]1O[C@H](COP(=O)(O)O)C(O)[C@@H]1O. The van der Waals surface area contributed by atoms with Gasteiger partial charge in [-0.25, -0.2) is 19.5 Å². The largest absolute Gasteiger partial charge is 0.469 e. The highest BCUT2D eigenvalue weighted by atomic mass is 31.2. The number of nitrogen functional groups attached to an aromatic ring is 1. The van der Waals surface area contributed by atoms with E-state index in [0.29, 0.717) is 5.52 Å². The van der Waals surface area contributed by atoms with Gasteiger partial charge in [-0.15, -0.1) is 0 Å². The van der Waals surface area contributed by atoms with Crippen LogP contribution in [-0.2, 0) is 13.8 Å². The van der Waals surface area contributed by atoms with Gasteiger partial charge in [0.15, 0.2) is 17.7 Å². The van der Waals surface area contributed by atoms with Gasteiger partial charge in [-0.3, -0.25) is 9.09 Å². The quantitative estimate of drug-likeness (QED) is 0.307. The number of nitrogens with zero attached hydrogens (tertiary/aromatic N) is 4. The minimum absolute atomic E-state index is 0.142. The standard InChI is InChI=1S/C10H14N5O7P/c11-8-5-9(13-2-12-8)15(3-14-5)10-7(17)6(16)4(22-10)1-21-23(18,19)20/h2-4,6-7,10,16-17H,1H2,(H2,11,12,13)(H2,18,19,20)/t4-,6?,7+,10-/m1/s1/i11+1,12+1,13+1,14+1,15+1. The summed E-state index contributed by atoms with van der Waals surface area (Å²) in [5.41, 5.74) is 6.25. The second-order valence-corrected chi connectivity index (χ2v) is 6.15. The fourth-order valence-corrected chi connectivity index (χ4v) is 2.66. The van der Waals surface area contributed by atoms with Crippen molar-refractivity contribution in [3.05, 3.63) is 12.7 Å². The summed E-state index contributed by atoms with van der Waals surface area (Å²) >= 11 is 0. The number of nitrogens with two attached hydrogens (primary N) is 1. The molecule has 126 valence electrons. The van der Waals surface area contributed by atoms with Crippen LogP contribution in [0.4, 0.5) is 5.82 Å². The summed E-state index contributed by atoms with van der Waals surface area (Å²) in [4.78, 5) is 29.2. The first kappa shape index (κ1) is 16.2. The Labute approximate surface area is 128 Å². The molecule has 6 N–H and O–H groups in total. The molecule has 1 aliphatic rings. The average Bonchev–Trinajstić information content (AvgIpc) is 3.01. The topological polar surface area (TPSA) is 186 Å². The molecule has 0 saturated carbocycles. The molecule has 0 radical (unpaired) electrons. The fraction of sp³-hybridized carbons (Fsp3) is 0.500. The Kier molecular flexibility index (Phi) is 4.06. The summed E-state index contributed by atoms with van der Waals surface area (Å²) in [7, 11) is -4.72. The third-order valence-electron chi connectivity index (χ3n) is 3.41. The maximum Gasteiger partial charge on any atom is 0.469 e. The van der Waals surface area contributed by atoms with Crippen LogP contribution in [0.25, 0.3) is 11.2 Å². The van der Waals surface area contributed by atoms with Crippen LogP contribution in [0.3, 0.4) is 0 Å². The smallest absolute Gasteiger partial charge is 0.387 e. The molecule has 0 aromatic carbocycles. The molecule has 12 nitrogen and oxygen atoms in total. The van der Waals surface area contributed by atoms with Crippen molar-refractivity contribution >= 4 is 24.8 Å². The van der Waals surface area contributed by atoms with E-state index in [2.05, 4.69) is 19.5 Å². The molecule has 1 unspecified atom stereocenters. The van der Waals surface area contributed by atoms with E-state index in [-0.39, 0.29) is 11.5 Å². The van der Waals surface area contributed by atoms with Crippen molar-refractivity contribution in [2.45, 2.75) is 24.5 Å². The summed E-state index contributed by atoms with van der Waals surface area (Å²) in [6.07, 6.45) is -2.49. The molecule has 23 heavy (non-hydrogen) atoms. The Bertz CT molecular complexity index is 763. The maximum absolute atomic E-state index is 10.7. The van der Waals surface area contributed by atoms with E-state index in [1.807, 2.05) is 0 Å². The molecule has 0 spiro atoms. The Morgan fingerprint density at radius 3 is 2.74 bits per heavy atom. The first-order valence-electron chi connectivity index (χ1n) is 6.42. The van der Waals surface area contributed by atoms with E-state index in [1.54, 1.807) is 0 Å². The summed E-state index contributed by atoms with van der Waals surface area (Å²) < 4.78 is 21.8. The van der Waals surface area contributed by atoms with E-state index in [0.717, 1.165) is 0 Å². The van der Waals surface area contributed by atoms with Crippen molar-refractivity contribution in [3.8, 4) is 0 Å². The number of ether oxygens (including phenoxy) is 1. The second kappa shape index (κ2) is 5.76. The van der Waals surface area contributed by atoms with Gasteiger partial charge >= 0.3 is 7.82 Å². The van der Waals surface area contributed by atoms with Crippen molar-refractivity contribution in [1.82, 2.24) is 19.5 Å². The number of hydrogen-bond acceptors (Lipinski definition) is 9. The zero-order valence-corrected chi connectivity index (χ0v) is 12.4. The van der Waals surface area contributed by atoms with Crippen molar-refractivity contribution in [2.75, 3.05) is 12.3 Å². The van der Waals surface area contributed by atoms with Gasteiger partial charge in [0.1, 0.15) is 30.2 Å². The number of fused-ring (bicyclic) bond motifs is 1.